The number of ether oxygens (including phenoxy) is 1. The van der Waals surface area contributed by atoms with Gasteiger partial charge in [-0.2, -0.15) is 5.10 Å². The highest BCUT2D eigenvalue weighted by atomic mass is 35.5. The van der Waals surface area contributed by atoms with Crippen molar-refractivity contribution < 1.29 is 9.53 Å². The number of aryl methyl sites for hydroxylation is 1. The van der Waals surface area contributed by atoms with Gasteiger partial charge in [0.25, 0.3) is 0 Å². The monoisotopic (exact) mass is 352 g/mol. The molecule has 1 aromatic heterocycles. The zero-order valence-corrected chi connectivity index (χ0v) is 15.3. The topological polar surface area (TPSA) is 68.2 Å². The van der Waals surface area contributed by atoms with E-state index in [2.05, 4.69) is 15.7 Å². The van der Waals surface area contributed by atoms with Crippen molar-refractivity contribution in [1.82, 2.24) is 20.4 Å². The second-order valence-corrected chi connectivity index (χ2v) is 5.40. The summed E-state index contributed by atoms with van der Waals surface area (Å²) in [5, 5.41) is 10.2. The fraction of sp³-hybridized carbons (Fsp3) is 0.412. The molecule has 24 heavy (non-hydrogen) atoms. The van der Waals surface area contributed by atoms with Crippen molar-refractivity contribution in [3.8, 4) is 5.75 Å². The van der Waals surface area contributed by atoms with Crippen LogP contribution in [0.15, 0.2) is 36.7 Å². The fourth-order valence-electron chi connectivity index (χ4n) is 2.46. The lowest BCUT2D eigenvalue weighted by Crippen LogP contribution is -2.37. The van der Waals surface area contributed by atoms with E-state index in [0.717, 1.165) is 16.9 Å². The van der Waals surface area contributed by atoms with Gasteiger partial charge in [0.05, 0.1) is 18.8 Å². The third-order valence-electron chi connectivity index (χ3n) is 3.64. The Morgan fingerprint density at radius 3 is 2.71 bits per heavy atom. The first-order valence-corrected chi connectivity index (χ1v) is 7.74. The second-order valence-electron chi connectivity index (χ2n) is 5.40. The number of carbonyl (C=O) groups is 1. The van der Waals surface area contributed by atoms with Crippen molar-refractivity contribution in [3.05, 3.63) is 47.8 Å². The smallest absolute Gasteiger partial charge is 0.242 e. The number of nitrogens with one attached hydrogen (secondary N) is 2. The van der Waals surface area contributed by atoms with Crippen molar-refractivity contribution in [1.29, 1.82) is 0 Å². The number of benzene rings is 1. The lowest BCUT2D eigenvalue weighted by Gasteiger charge is -2.20. The van der Waals surface area contributed by atoms with Crippen LogP contribution in [-0.4, -0.2) is 29.3 Å². The van der Waals surface area contributed by atoms with Gasteiger partial charge in [-0.3, -0.25) is 9.48 Å². The fourth-order valence-corrected chi connectivity index (χ4v) is 2.46. The van der Waals surface area contributed by atoms with E-state index in [-0.39, 0.29) is 24.4 Å². The molecule has 6 nitrogen and oxygen atoms in total. The predicted octanol–water partition coefficient (Wildman–Crippen LogP) is 2.38. The molecule has 2 unspecified atom stereocenters. The largest absolute Gasteiger partial charge is 0.494 e. The average molecular weight is 353 g/mol. The summed E-state index contributed by atoms with van der Waals surface area (Å²) in [6.07, 6.45) is 3.53. The molecule has 1 aromatic carbocycles. The summed E-state index contributed by atoms with van der Waals surface area (Å²) in [5.41, 5.74) is 1.84. The van der Waals surface area contributed by atoms with Crippen LogP contribution in [0.2, 0.25) is 0 Å². The molecule has 0 aliphatic rings. The van der Waals surface area contributed by atoms with E-state index in [4.69, 9.17) is 4.74 Å². The lowest BCUT2D eigenvalue weighted by atomic mass is 10.1. The Morgan fingerprint density at radius 1 is 1.38 bits per heavy atom. The average Bonchev–Trinajstić information content (AvgIpc) is 2.95. The molecule has 7 heteroatoms. The van der Waals surface area contributed by atoms with Crippen molar-refractivity contribution in [3.63, 3.8) is 0 Å². The molecular formula is C17H25ClN4O2. The number of rotatable bonds is 7. The molecule has 0 radical (unpaired) electrons. The Morgan fingerprint density at radius 2 is 2.12 bits per heavy atom. The molecule has 0 fully saturated rings. The van der Waals surface area contributed by atoms with E-state index in [1.807, 2.05) is 51.4 Å². The van der Waals surface area contributed by atoms with E-state index < -0.39 is 6.04 Å². The van der Waals surface area contributed by atoms with Gasteiger partial charge in [0, 0.05) is 18.8 Å². The highest BCUT2D eigenvalue weighted by molar-refractivity contribution is 5.85. The molecule has 0 bridgehead atoms. The Bertz CT molecular complexity index is 660. The maximum atomic E-state index is 12.5. The molecule has 1 amide bonds. The maximum Gasteiger partial charge on any atom is 0.242 e. The van der Waals surface area contributed by atoms with Gasteiger partial charge in [-0.1, -0.05) is 12.1 Å². The zero-order valence-electron chi connectivity index (χ0n) is 14.4. The lowest BCUT2D eigenvalue weighted by molar-refractivity contribution is -0.123. The molecule has 2 N–H and O–H groups in total. The summed E-state index contributed by atoms with van der Waals surface area (Å²) < 4.78 is 7.19. The summed E-state index contributed by atoms with van der Waals surface area (Å²) in [7, 11) is 3.59. The van der Waals surface area contributed by atoms with Gasteiger partial charge < -0.3 is 15.4 Å². The minimum atomic E-state index is -0.429. The SMILES string of the molecule is CCOc1cccc(C(C)NC(=O)C(NC)c2cnn(C)c2)c1.Cl. The summed E-state index contributed by atoms with van der Waals surface area (Å²) in [5.74, 6) is 0.721. The molecule has 0 spiro atoms. The summed E-state index contributed by atoms with van der Waals surface area (Å²) in [6.45, 7) is 4.52. The normalized spacial score (nSPS) is 12.8. The Labute approximate surface area is 149 Å². The molecule has 0 saturated carbocycles. The van der Waals surface area contributed by atoms with Crippen molar-refractivity contribution in [2.24, 2.45) is 7.05 Å². The molecule has 2 aromatic rings. The second kappa shape index (κ2) is 9.30. The van der Waals surface area contributed by atoms with Gasteiger partial charge >= 0.3 is 0 Å². The highest BCUT2D eigenvalue weighted by Gasteiger charge is 2.22. The number of carbonyl (C=O) groups excluding carboxylic acids is 1. The maximum absolute atomic E-state index is 12.5. The van der Waals surface area contributed by atoms with E-state index in [1.54, 1.807) is 17.9 Å². The highest BCUT2D eigenvalue weighted by Crippen LogP contribution is 2.20. The first-order valence-electron chi connectivity index (χ1n) is 7.74. The molecule has 0 aliphatic carbocycles. The van der Waals surface area contributed by atoms with E-state index in [1.165, 1.54) is 0 Å². The summed E-state index contributed by atoms with van der Waals surface area (Å²) in [4.78, 5) is 12.5. The van der Waals surface area contributed by atoms with Crippen LogP contribution in [0.3, 0.4) is 0 Å². The standard InChI is InChI=1S/C17H24N4O2.ClH/c1-5-23-15-8-6-7-13(9-15)12(2)20-17(22)16(18-3)14-10-19-21(4)11-14;/h6-12,16,18H,5H2,1-4H3,(H,20,22);1H. The zero-order chi connectivity index (χ0) is 16.8. The summed E-state index contributed by atoms with van der Waals surface area (Å²) >= 11 is 0. The van der Waals surface area contributed by atoms with Crippen LogP contribution in [0.25, 0.3) is 0 Å². The number of aromatic nitrogens is 2. The van der Waals surface area contributed by atoms with Crippen LogP contribution >= 0.6 is 12.4 Å². The third-order valence-corrected chi connectivity index (χ3v) is 3.64. The van der Waals surface area contributed by atoms with Crippen molar-refractivity contribution >= 4 is 18.3 Å². The first-order chi connectivity index (χ1) is 11.0. The van der Waals surface area contributed by atoms with E-state index in [0.29, 0.717) is 6.61 Å². The number of hydrogen-bond donors (Lipinski definition) is 2. The Hall–Kier alpha value is -2.05. The molecule has 132 valence electrons. The molecule has 2 atom stereocenters. The number of hydrogen-bond acceptors (Lipinski definition) is 4. The number of likely N-dealkylation sites (N-methyl/N-ethyl adjacent to an activating group) is 1. The predicted molar refractivity (Wildman–Crippen MR) is 96.4 cm³/mol. The Kier molecular flexibility index (Phi) is 7.74. The van der Waals surface area contributed by atoms with Crippen LogP contribution in [-0.2, 0) is 11.8 Å². The number of nitrogens with zero attached hydrogens (tertiary/aromatic N) is 2. The Balaban J connectivity index is 0.00000288. The van der Waals surface area contributed by atoms with Gasteiger partial charge in [-0.25, -0.2) is 0 Å². The van der Waals surface area contributed by atoms with Crippen LogP contribution in [0, 0.1) is 0 Å². The third kappa shape index (κ3) is 4.97. The quantitative estimate of drug-likeness (QED) is 0.802. The van der Waals surface area contributed by atoms with Gasteiger partial charge in [-0.05, 0) is 38.6 Å². The minimum Gasteiger partial charge on any atom is -0.494 e. The van der Waals surface area contributed by atoms with Crippen LogP contribution in [0.1, 0.15) is 37.1 Å². The minimum absolute atomic E-state index is 0. The molecule has 0 aliphatic heterocycles. The van der Waals surface area contributed by atoms with Crippen LogP contribution in [0.4, 0.5) is 0 Å². The van der Waals surface area contributed by atoms with Gasteiger partial charge in [0.1, 0.15) is 11.8 Å². The van der Waals surface area contributed by atoms with Crippen LogP contribution < -0.4 is 15.4 Å². The number of halogens is 1. The number of amides is 1. The molecule has 0 saturated heterocycles. The first kappa shape index (κ1) is 20.0. The van der Waals surface area contributed by atoms with Gasteiger partial charge in [-0.15, -0.1) is 12.4 Å². The van der Waals surface area contributed by atoms with Crippen molar-refractivity contribution in [2.45, 2.75) is 25.9 Å². The van der Waals surface area contributed by atoms with Gasteiger partial charge in [0.15, 0.2) is 0 Å². The molecule has 2 rings (SSSR count). The van der Waals surface area contributed by atoms with Crippen molar-refractivity contribution in [2.75, 3.05) is 13.7 Å². The van der Waals surface area contributed by atoms with Gasteiger partial charge in [0.2, 0.25) is 5.91 Å². The molecular weight excluding hydrogens is 328 g/mol. The van der Waals surface area contributed by atoms with E-state index >= 15 is 0 Å². The van der Waals surface area contributed by atoms with E-state index in [9.17, 15) is 4.79 Å². The molecule has 1 heterocycles. The van der Waals surface area contributed by atoms with Crippen LogP contribution in [0.5, 0.6) is 5.75 Å². The summed E-state index contributed by atoms with van der Waals surface area (Å²) in [6, 6.07) is 7.23.